The number of sulfone groups is 1. The standard InChI is InChI=1S/C18H15ClN2O2S.I2/c1-12-3-4-14(10-20-12)18-17(9-15(19)11-21-18)13-5-7-16(8-6-13)24(2,22)23;1-2/h3-11H,1-2H3;. The summed E-state index contributed by atoms with van der Waals surface area (Å²) in [6, 6.07) is 12.4. The van der Waals surface area contributed by atoms with Crippen molar-refractivity contribution >= 4 is 58.7 Å². The van der Waals surface area contributed by atoms with E-state index in [0.717, 1.165) is 28.1 Å². The van der Waals surface area contributed by atoms with Crippen molar-refractivity contribution in [3.8, 4) is 22.4 Å². The fourth-order valence-electron chi connectivity index (χ4n) is 2.38. The third-order valence-electron chi connectivity index (χ3n) is 3.63. The average molecular weight is 613 g/mol. The van der Waals surface area contributed by atoms with Gasteiger partial charge in [-0.2, -0.15) is 0 Å². The Morgan fingerprint density at radius 1 is 0.923 bits per heavy atom. The molecule has 0 unspecified atom stereocenters. The molecule has 3 aromatic rings. The van der Waals surface area contributed by atoms with E-state index in [9.17, 15) is 8.42 Å². The highest BCUT2D eigenvalue weighted by atomic mass is 128. The zero-order valence-electron chi connectivity index (χ0n) is 13.9. The fourth-order valence-corrected chi connectivity index (χ4v) is 3.17. The van der Waals surface area contributed by atoms with Crippen molar-refractivity contribution < 1.29 is 8.42 Å². The molecule has 26 heavy (non-hydrogen) atoms. The van der Waals surface area contributed by atoms with Gasteiger partial charge in [-0.15, -0.1) is 0 Å². The van der Waals surface area contributed by atoms with Gasteiger partial charge < -0.3 is 0 Å². The molecule has 3 rings (SSSR count). The van der Waals surface area contributed by atoms with E-state index in [0.29, 0.717) is 5.02 Å². The molecule has 0 aliphatic carbocycles. The largest absolute Gasteiger partial charge is 0.261 e. The van der Waals surface area contributed by atoms with Gasteiger partial charge in [-0.25, -0.2) is 8.42 Å². The molecule has 0 saturated heterocycles. The molecule has 1 aromatic carbocycles. The second kappa shape index (κ2) is 9.43. The maximum Gasteiger partial charge on any atom is 0.175 e. The summed E-state index contributed by atoms with van der Waals surface area (Å²) < 4.78 is 23.2. The summed E-state index contributed by atoms with van der Waals surface area (Å²) in [6.45, 7) is 1.92. The molecule has 0 N–H and O–H groups in total. The van der Waals surface area contributed by atoms with Crippen LogP contribution in [0.2, 0.25) is 5.02 Å². The maximum atomic E-state index is 11.6. The fraction of sp³-hybridized carbons (Fsp3) is 0.111. The molecule has 0 bridgehead atoms. The van der Waals surface area contributed by atoms with Gasteiger partial charge in [-0.05, 0) is 42.8 Å². The topological polar surface area (TPSA) is 59.9 Å². The van der Waals surface area contributed by atoms with Crippen molar-refractivity contribution in [1.29, 1.82) is 0 Å². The number of rotatable bonds is 3. The zero-order valence-corrected chi connectivity index (χ0v) is 19.8. The summed E-state index contributed by atoms with van der Waals surface area (Å²) in [5.41, 5.74) is 4.21. The minimum absolute atomic E-state index is 0.278. The van der Waals surface area contributed by atoms with Crippen LogP contribution in [0.4, 0.5) is 0 Å². The van der Waals surface area contributed by atoms with Crippen LogP contribution in [0.25, 0.3) is 22.4 Å². The molecule has 2 aromatic heterocycles. The molecule has 0 aliphatic rings. The molecule has 0 aliphatic heterocycles. The van der Waals surface area contributed by atoms with Crippen LogP contribution in [0, 0.1) is 6.92 Å². The predicted octanol–water partition coefficient (Wildman–Crippen LogP) is 5.95. The highest BCUT2D eigenvalue weighted by molar-refractivity contribution is 15.0. The lowest BCUT2D eigenvalue weighted by molar-refractivity contribution is 0.602. The van der Waals surface area contributed by atoms with Crippen molar-refractivity contribution in [2.24, 2.45) is 0 Å². The monoisotopic (exact) mass is 612 g/mol. The SMILES string of the molecule is Cc1ccc(-c2ncc(Cl)cc2-c2ccc(S(C)(=O)=O)cc2)cn1.II. The van der Waals surface area contributed by atoms with E-state index in [1.165, 1.54) is 6.26 Å². The van der Waals surface area contributed by atoms with Gasteiger partial charge in [-0.1, -0.05) is 23.7 Å². The number of hydrogen-bond donors (Lipinski definition) is 0. The van der Waals surface area contributed by atoms with Crippen LogP contribution in [0.5, 0.6) is 0 Å². The zero-order chi connectivity index (χ0) is 19.3. The first-order valence-electron chi connectivity index (χ1n) is 7.38. The smallest absolute Gasteiger partial charge is 0.175 e. The summed E-state index contributed by atoms with van der Waals surface area (Å²) in [6.07, 6.45) is 4.54. The quantitative estimate of drug-likeness (QED) is 0.344. The lowest BCUT2D eigenvalue weighted by Crippen LogP contribution is -1.97. The normalized spacial score (nSPS) is 10.8. The first-order chi connectivity index (χ1) is 12.3. The van der Waals surface area contributed by atoms with Crippen LogP contribution in [-0.2, 0) is 9.84 Å². The van der Waals surface area contributed by atoms with Gasteiger partial charge in [-0.3, -0.25) is 9.97 Å². The highest BCUT2D eigenvalue weighted by Gasteiger charge is 2.12. The van der Waals surface area contributed by atoms with Gasteiger partial charge in [0.05, 0.1) is 15.6 Å². The summed E-state index contributed by atoms with van der Waals surface area (Å²) >= 11 is 10.3. The van der Waals surface area contributed by atoms with Crippen molar-refractivity contribution in [2.75, 3.05) is 6.26 Å². The Labute approximate surface area is 181 Å². The number of aryl methyl sites for hydroxylation is 1. The molecule has 0 saturated carbocycles. The van der Waals surface area contributed by atoms with E-state index in [1.54, 1.807) is 36.7 Å². The summed E-state index contributed by atoms with van der Waals surface area (Å²) in [4.78, 5) is 9.02. The second-order valence-electron chi connectivity index (χ2n) is 5.53. The first kappa shape index (κ1) is 21.5. The van der Waals surface area contributed by atoms with Crippen molar-refractivity contribution in [3.05, 3.63) is 65.6 Å². The minimum atomic E-state index is -3.23. The van der Waals surface area contributed by atoms with Crippen molar-refractivity contribution in [1.82, 2.24) is 9.97 Å². The molecule has 0 atom stereocenters. The molecule has 0 amide bonds. The number of benzene rings is 1. The van der Waals surface area contributed by atoms with Crippen LogP contribution >= 0.6 is 48.8 Å². The van der Waals surface area contributed by atoms with Gasteiger partial charge in [0.15, 0.2) is 9.84 Å². The van der Waals surface area contributed by atoms with Gasteiger partial charge in [0.1, 0.15) is 0 Å². The van der Waals surface area contributed by atoms with E-state index in [4.69, 9.17) is 11.6 Å². The van der Waals surface area contributed by atoms with Gasteiger partial charge in [0.2, 0.25) is 0 Å². The number of halogens is 3. The molecule has 2 heterocycles. The van der Waals surface area contributed by atoms with Gasteiger partial charge >= 0.3 is 0 Å². The Morgan fingerprint density at radius 3 is 2.08 bits per heavy atom. The third kappa shape index (κ3) is 5.37. The molecular formula is C18H15ClI2N2O2S. The van der Waals surface area contributed by atoms with E-state index in [-0.39, 0.29) is 4.90 Å². The van der Waals surface area contributed by atoms with E-state index >= 15 is 0 Å². The first-order valence-corrected chi connectivity index (χ1v) is 15.9. The van der Waals surface area contributed by atoms with Crippen LogP contribution in [0.3, 0.4) is 0 Å². The third-order valence-corrected chi connectivity index (χ3v) is 4.97. The molecule has 0 spiro atoms. The molecule has 4 nitrogen and oxygen atoms in total. The Kier molecular flexibility index (Phi) is 7.80. The predicted molar refractivity (Wildman–Crippen MR) is 124 cm³/mol. The van der Waals surface area contributed by atoms with Crippen molar-refractivity contribution in [3.63, 3.8) is 0 Å². The van der Waals surface area contributed by atoms with Crippen LogP contribution in [0.15, 0.2) is 59.8 Å². The Hall–Kier alpha value is -0.780. The van der Waals surface area contributed by atoms with E-state index < -0.39 is 9.84 Å². The van der Waals surface area contributed by atoms with Gasteiger partial charge in [0, 0.05) is 72.7 Å². The Balaban J connectivity index is 0.00000117. The molecule has 0 radical (unpaired) electrons. The van der Waals surface area contributed by atoms with Crippen LogP contribution in [0.1, 0.15) is 5.69 Å². The maximum absolute atomic E-state index is 11.6. The lowest BCUT2D eigenvalue weighted by atomic mass is 10.0. The second-order valence-corrected chi connectivity index (χ2v) is 7.99. The average Bonchev–Trinajstić information content (AvgIpc) is 2.64. The summed E-state index contributed by atoms with van der Waals surface area (Å²) in [5, 5.41) is 0.515. The minimum Gasteiger partial charge on any atom is -0.261 e. The van der Waals surface area contributed by atoms with Crippen molar-refractivity contribution in [2.45, 2.75) is 11.8 Å². The van der Waals surface area contributed by atoms with Gasteiger partial charge in [0.25, 0.3) is 0 Å². The molecule has 0 fully saturated rings. The summed E-state index contributed by atoms with van der Waals surface area (Å²) in [7, 11) is -3.23. The number of nitrogens with zero attached hydrogens (tertiary/aromatic N) is 2. The number of aromatic nitrogens is 2. The van der Waals surface area contributed by atoms with Crippen LogP contribution < -0.4 is 0 Å². The lowest BCUT2D eigenvalue weighted by Gasteiger charge is -2.10. The number of hydrogen-bond acceptors (Lipinski definition) is 4. The van der Waals surface area contributed by atoms with Crippen LogP contribution in [-0.4, -0.2) is 24.6 Å². The Bertz CT molecular complexity index is 993. The molecule has 136 valence electrons. The summed E-state index contributed by atoms with van der Waals surface area (Å²) in [5.74, 6) is 0. The molecular weight excluding hydrogens is 598 g/mol. The number of pyridine rings is 2. The highest BCUT2D eigenvalue weighted by Crippen LogP contribution is 2.32. The molecule has 8 heteroatoms. The Morgan fingerprint density at radius 2 is 1.54 bits per heavy atom. The van der Waals surface area contributed by atoms with E-state index in [1.807, 2.05) is 25.1 Å². The van der Waals surface area contributed by atoms with E-state index in [2.05, 4.69) is 47.2 Å².